The van der Waals surface area contributed by atoms with Crippen LogP contribution in [0, 0.1) is 5.92 Å². The second-order valence-electron chi connectivity index (χ2n) is 6.25. The van der Waals surface area contributed by atoms with Crippen LogP contribution in [0.1, 0.15) is 31.9 Å². The van der Waals surface area contributed by atoms with Crippen molar-refractivity contribution in [2.45, 2.75) is 32.0 Å². The zero-order valence-electron chi connectivity index (χ0n) is 14.1. The molecule has 3 rings (SSSR count). The van der Waals surface area contributed by atoms with Crippen LogP contribution in [0.15, 0.2) is 18.2 Å². The van der Waals surface area contributed by atoms with Crippen molar-refractivity contribution in [2.75, 3.05) is 27.4 Å². The molecule has 1 aromatic carbocycles. The van der Waals surface area contributed by atoms with E-state index in [-0.39, 0.29) is 12.0 Å². The Bertz CT molecular complexity index is 610. The van der Waals surface area contributed by atoms with E-state index < -0.39 is 5.72 Å². The van der Waals surface area contributed by atoms with Gasteiger partial charge in [0, 0.05) is 31.7 Å². The highest BCUT2D eigenvalue weighted by Crippen LogP contribution is 2.50. The average molecular weight is 336 g/mol. The van der Waals surface area contributed by atoms with Gasteiger partial charge in [-0.05, 0) is 31.6 Å². The largest absolute Gasteiger partial charge is 0.493 e. The second kappa shape index (κ2) is 6.17. The first kappa shape index (κ1) is 16.3. The lowest BCUT2D eigenvalue weighted by molar-refractivity contribution is -0.112. The highest BCUT2D eigenvalue weighted by atomic mass is 32.1. The predicted octanol–water partition coefficient (Wildman–Crippen LogP) is 2.71. The van der Waals surface area contributed by atoms with Gasteiger partial charge >= 0.3 is 0 Å². The van der Waals surface area contributed by atoms with Crippen LogP contribution < -0.4 is 14.8 Å². The van der Waals surface area contributed by atoms with Gasteiger partial charge in [-0.1, -0.05) is 19.1 Å². The minimum atomic E-state index is -0.498. The van der Waals surface area contributed by atoms with Crippen LogP contribution in [0.2, 0.25) is 0 Å². The molecule has 0 spiro atoms. The zero-order valence-corrected chi connectivity index (χ0v) is 14.9. The lowest BCUT2D eigenvalue weighted by atomic mass is 9.80. The van der Waals surface area contributed by atoms with E-state index in [4.69, 9.17) is 26.4 Å². The summed E-state index contributed by atoms with van der Waals surface area (Å²) >= 11 is 5.61. The molecule has 2 bridgehead atoms. The Kier molecular flexibility index (Phi) is 4.38. The number of hydrogen-bond donors (Lipinski definition) is 1. The highest BCUT2D eigenvalue weighted by molar-refractivity contribution is 7.80. The van der Waals surface area contributed by atoms with E-state index >= 15 is 0 Å². The van der Waals surface area contributed by atoms with Crippen LogP contribution in [0.25, 0.3) is 0 Å². The van der Waals surface area contributed by atoms with Crippen molar-refractivity contribution in [1.82, 2.24) is 10.2 Å². The van der Waals surface area contributed by atoms with E-state index in [0.29, 0.717) is 6.61 Å². The Balaban J connectivity index is 1.99. The summed E-state index contributed by atoms with van der Waals surface area (Å²) in [5.41, 5.74) is 0.607. The quantitative estimate of drug-likeness (QED) is 0.659. The molecule has 1 N–H and O–H groups in total. The maximum atomic E-state index is 6.47. The van der Waals surface area contributed by atoms with Gasteiger partial charge in [0.05, 0.1) is 13.2 Å². The van der Waals surface area contributed by atoms with E-state index in [9.17, 15) is 0 Å². The molecule has 5 nitrogen and oxygen atoms in total. The summed E-state index contributed by atoms with van der Waals surface area (Å²) in [5, 5.41) is 4.22. The van der Waals surface area contributed by atoms with Crippen molar-refractivity contribution >= 4 is 17.3 Å². The monoisotopic (exact) mass is 336 g/mol. The number of rotatable bonds is 5. The van der Waals surface area contributed by atoms with Crippen molar-refractivity contribution in [3.63, 3.8) is 0 Å². The zero-order chi connectivity index (χ0) is 16.6. The van der Waals surface area contributed by atoms with E-state index in [2.05, 4.69) is 30.1 Å². The van der Waals surface area contributed by atoms with Gasteiger partial charge in [0.15, 0.2) is 22.3 Å². The third-order valence-electron chi connectivity index (χ3n) is 5.01. The fourth-order valence-electron chi connectivity index (χ4n) is 3.53. The van der Waals surface area contributed by atoms with Gasteiger partial charge in [-0.15, -0.1) is 0 Å². The lowest BCUT2D eigenvalue weighted by Crippen LogP contribution is -2.69. The van der Waals surface area contributed by atoms with Gasteiger partial charge in [-0.3, -0.25) is 0 Å². The summed E-state index contributed by atoms with van der Waals surface area (Å²) in [7, 11) is 3.38. The molecule has 0 saturated carbocycles. The van der Waals surface area contributed by atoms with Gasteiger partial charge in [0.25, 0.3) is 0 Å². The number of methoxy groups -OCH3 is 2. The summed E-state index contributed by atoms with van der Waals surface area (Å²) in [6.45, 7) is 5.80. The van der Waals surface area contributed by atoms with Crippen LogP contribution in [0.5, 0.6) is 11.5 Å². The molecule has 0 radical (unpaired) electrons. The summed E-state index contributed by atoms with van der Waals surface area (Å²) in [6.07, 6.45) is 0.896. The minimum Gasteiger partial charge on any atom is -0.493 e. The molecule has 1 fully saturated rings. The summed E-state index contributed by atoms with van der Waals surface area (Å²) in [6, 6.07) is 6.13. The van der Waals surface area contributed by atoms with Crippen LogP contribution in [-0.2, 0) is 4.74 Å². The van der Waals surface area contributed by atoms with Crippen LogP contribution >= 0.6 is 12.2 Å². The highest BCUT2D eigenvalue weighted by Gasteiger charge is 2.53. The maximum absolute atomic E-state index is 6.47. The Morgan fingerprint density at radius 3 is 2.87 bits per heavy atom. The molecule has 23 heavy (non-hydrogen) atoms. The lowest BCUT2D eigenvalue weighted by Gasteiger charge is -2.56. The average Bonchev–Trinajstić information content (AvgIpc) is 2.53. The Labute approximate surface area is 142 Å². The Morgan fingerprint density at radius 1 is 1.39 bits per heavy atom. The first-order chi connectivity index (χ1) is 11.0. The fourth-order valence-corrected chi connectivity index (χ4v) is 3.93. The number of thiocarbonyl (C=S) groups is 1. The second-order valence-corrected chi connectivity index (χ2v) is 6.64. The molecular weight excluding hydrogens is 312 g/mol. The molecule has 2 aliphatic rings. The normalized spacial score (nSPS) is 28.7. The van der Waals surface area contributed by atoms with E-state index in [0.717, 1.165) is 35.1 Å². The number of hydrogen-bond acceptors (Lipinski definition) is 4. The smallest absolute Gasteiger partial charge is 0.187 e. The molecular formula is C17H24N2O3S. The topological polar surface area (TPSA) is 43.0 Å². The molecule has 2 aliphatic heterocycles. The number of nitrogens with one attached hydrogen (secondary N) is 1. The summed E-state index contributed by atoms with van der Waals surface area (Å²) in [4.78, 5) is 2.14. The number of para-hydroxylation sites is 1. The molecule has 0 aliphatic carbocycles. The molecule has 0 aromatic heterocycles. The Hall–Kier alpha value is -1.53. The van der Waals surface area contributed by atoms with Gasteiger partial charge in [-0.2, -0.15) is 0 Å². The van der Waals surface area contributed by atoms with Gasteiger partial charge in [0.2, 0.25) is 0 Å². The Morgan fingerprint density at radius 2 is 2.17 bits per heavy atom. The van der Waals surface area contributed by atoms with Gasteiger partial charge < -0.3 is 24.4 Å². The van der Waals surface area contributed by atoms with E-state index in [1.54, 1.807) is 14.2 Å². The molecule has 0 amide bonds. The first-order valence-electron chi connectivity index (χ1n) is 7.96. The predicted molar refractivity (Wildman–Crippen MR) is 92.9 cm³/mol. The molecule has 126 valence electrons. The van der Waals surface area contributed by atoms with Crippen LogP contribution in [-0.4, -0.2) is 43.1 Å². The SMILES string of the molecule is COCCCN1C(=S)N[C@@H]2c3cccc(OC)c3O[C@@]1(C)[C@H]2C. The number of fused-ring (bicyclic) bond motifs is 4. The standard InChI is InChI=1S/C17H24N2O3S/c1-11-14-12-7-5-8-13(21-4)15(12)22-17(11,2)19(16(23)18-14)9-6-10-20-3/h5,7-8,11,14H,6,9-10H2,1-4H3,(H,18,23)/t11-,14-,17-/m0/s1. The van der Waals surface area contributed by atoms with Crippen LogP contribution in [0.4, 0.5) is 0 Å². The summed E-state index contributed by atoms with van der Waals surface area (Å²) < 4.78 is 17.1. The molecule has 1 saturated heterocycles. The molecule has 0 unspecified atom stereocenters. The molecule has 2 heterocycles. The van der Waals surface area contributed by atoms with Crippen molar-refractivity contribution in [3.8, 4) is 11.5 Å². The molecule has 3 atom stereocenters. The first-order valence-corrected chi connectivity index (χ1v) is 8.36. The van der Waals surface area contributed by atoms with E-state index in [1.807, 2.05) is 12.1 Å². The maximum Gasteiger partial charge on any atom is 0.187 e. The summed E-state index contributed by atoms with van der Waals surface area (Å²) in [5.74, 6) is 1.82. The van der Waals surface area contributed by atoms with E-state index in [1.165, 1.54) is 0 Å². The van der Waals surface area contributed by atoms with Crippen LogP contribution in [0.3, 0.4) is 0 Å². The van der Waals surface area contributed by atoms with Gasteiger partial charge in [0.1, 0.15) is 0 Å². The van der Waals surface area contributed by atoms with Crippen molar-refractivity contribution < 1.29 is 14.2 Å². The fraction of sp³-hybridized carbons (Fsp3) is 0.588. The number of ether oxygens (including phenoxy) is 3. The van der Waals surface area contributed by atoms with Crippen molar-refractivity contribution in [1.29, 1.82) is 0 Å². The number of benzene rings is 1. The minimum absolute atomic E-state index is 0.130. The molecule has 6 heteroatoms. The molecule has 1 aromatic rings. The third-order valence-corrected chi connectivity index (χ3v) is 5.35. The number of nitrogens with zero attached hydrogens (tertiary/aromatic N) is 1. The third kappa shape index (κ3) is 2.54. The van der Waals surface area contributed by atoms with Crippen molar-refractivity contribution in [3.05, 3.63) is 23.8 Å². The van der Waals surface area contributed by atoms with Crippen molar-refractivity contribution in [2.24, 2.45) is 5.92 Å². The van der Waals surface area contributed by atoms with Gasteiger partial charge in [-0.25, -0.2) is 0 Å².